The first-order valence-electron chi connectivity index (χ1n) is 9.02. The van der Waals surface area contributed by atoms with Crippen molar-refractivity contribution in [2.45, 2.75) is 19.9 Å². The zero-order valence-electron chi connectivity index (χ0n) is 16.7. The maximum absolute atomic E-state index is 14.9. The molecule has 162 valence electrons. The molecular weight excluding hydrogens is 432 g/mol. The molecule has 31 heavy (non-hydrogen) atoms. The summed E-state index contributed by atoms with van der Waals surface area (Å²) in [5.41, 5.74) is 5.08. The van der Waals surface area contributed by atoms with Crippen LogP contribution in [0.4, 0.5) is 13.6 Å². The van der Waals surface area contributed by atoms with Crippen LogP contribution in [0.2, 0.25) is 5.02 Å². The molecule has 0 aliphatic rings. The topological polar surface area (TPSA) is 114 Å². The molecule has 12 heteroatoms. The third-order valence-corrected chi connectivity index (χ3v) is 4.48. The Bertz CT molecular complexity index is 1150. The molecule has 3 amide bonds. The third-order valence-electron chi connectivity index (χ3n) is 4.26. The molecule has 3 aromatic rings. The van der Waals surface area contributed by atoms with Crippen molar-refractivity contribution in [2.24, 2.45) is 7.05 Å². The van der Waals surface area contributed by atoms with Gasteiger partial charge >= 0.3 is 6.03 Å². The summed E-state index contributed by atoms with van der Waals surface area (Å²) in [6, 6.07) is 5.38. The zero-order valence-corrected chi connectivity index (χ0v) is 17.5. The summed E-state index contributed by atoms with van der Waals surface area (Å²) >= 11 is 6.02. The number of tetrazole rings is 1. The van der Waals surface area contributed by atoms with E-state index >= 15 is 0 Å². The number of benzene rings is 2. The molecule has 0 bridgehead atoms. The molecule has 0 spiro atoms. The van der Waals surface area contributed by atoms with Gasteiger partial charge in [0.25, 0.3) is 0 Å². The van der Waals surface area contributed by atoms with Crippen LogP contribution >= 0.6 is 11.6 Å². The largest absolute Gasteiger partial charge is 0.333 e. The highest BCUT2D eigenvalue weighted by Crippen LogP contribution is 2.36. The van der Waals surface area contributed by atoms with Gasteiger partial charge in [0.05, 0.1) is 18.7 Å². The number of aromatic nitrogens is 4. The van der Waals surface area contributed by atoms with Crippen molar-refractivity contribution < 1.29 is 18.4 Å². The number of carbonyl (C=O) groups excluding carboxylic acids is 2. The predicted octanol–water partition coefficient (Wildman–Crippen LogP) is 2.89. The average Bonchev–Trinajstić information content (AvgIpc) is 3.11. The Labute approximate surface area is 180 Å². The van der Waals surface area contributed by atoms with Crippen molar-refractivity contribution in [3.05, 3.63) is 52.6 Å². The predicted molar refractivity (Wildman–Crippen MR) is 108 cm³/mol. The first-order chi connectivity index (χ1) is 14.7. The van der Waals surface area contributed by atoms with Crippen molar-refractivity contribution in [3.63, 3.8) is 0 Å². The maximum Gasteiger partial charge on any atom is 0.333 e. The lowest BCUT2D eigenvalue weighted by atomic mass is 9.96. The number of urea groups is 1. The summed E-state index contributed by atoms with van der Waals surface area (Å²) in [4.78, 5) is 23.8. The zero-order chi connectivity index (χ0) is 22.7. The van der Waals surface area contributed by atoms with Gasteiger partial charge in [-0.1, -0.05) is 23.7 Å². The number of amides is 3. The van der Waals surface area contributed by atoms with Crippen LogP contribution in [-0.2, 0) is 11.8 Å². The standard InChI is InChI=1S/C19H18ClF2N7O2/c1-9(23-19(31)26-24-10(2)30)13-5-4-11(6-15(13)21)14-7-12(20)8-16(22)17(14)18-25-28-29(3)27-18/h4-9H,1-3H3,(H,24,30)(H2,23,26,31). The number of carbonyl (C=O) groups is 2. The normalized spacial score (nSPS) is 11.7. The first-order valence-corrected chi connectivity index (χ1v) is 9.40. The molecule has 9 nitrogen and oxygen atoms in total. The van der Waals surface area contributed by atoms with Gasteiger partial charge in [-0.15, -0.1) is 10.2 Å². The third kappa shape index (κ3) is 5.12. The fraction of sp³-hybridized carbons (Fsp3) is 0.211. The van der Waals surface area contributed by atoms with Crippen LogP contribution in [0.5, 0.6) is 0 Å². The number of nitrogens with zero attached hydrogens (tertiary/aromatic N) is 4. The van der Waals surface area contributed by atoms with Gasteiger partial charge in [0.2, 0.25) is 11.7 Å². The quantitative estimate of drug-likeness (QED) is 0.530. The second-order valence-electron chi connectivity index (χ2n) is 6.65. The van der Waals surface area contributed by atoms with Crippen LogP contribution in [0.1, 0.15) is 25.5 Å². The van der Waals surface area contributed by atoms with E-state index in [0.717, 1.165) is 6.07 Å². The fourth-order valence-electron chi connectivity index (χ4n) is 2.91. The number of hydrogen-bond acceptors (Lipinski definition) is 5. The molecule has 1 unspecified atom stereocenters. The van der Waals surface area contributed by atoms with E-state index in [-0.39, 0.29) is 27.5 Å². The maximum atomic E-state index is 14.9. The Kier molecular flexibility index (Phi) is 6.44. The van der Waals surface area contributed by atoms with E-state index < -0.39 is 29.6 Å². The molecule has 0 aliphatic carbocycles. The molecule has 3 rings (SSSR count). The van der Waals surface area contributed by atoms with E-state index in [4.69, 9.17) is 11.6 Å². The van der Waals surface area contributed by atoms with E-state index in [0.29, 0.717) is 5.56 Å². The lowest BCUT2D eigenvalue weighted by Crippen LogP contribution is -2.46. The molecule has 2 aromatic carbocycles. The molecule has 3 N–H and O–H groups in total. The Morgan fingerprint density at radius 1 is 1.13 bits per heavy atom. The van der Waals surface area contributed by atoms with E-state index in [9.17, 15) is 18.4 Å². The van der Waals surface area contributed by atoms with E-state index in [1.54, 1.807) is 13.0 Å². The number of halogens is 3. The summed E-state index contributed by atoms with van der Waals surface area (Å²) in [6.07, 6.45) is 0. The molecule has 0 saturated heterocycles. The number of hydrogen-bond donors (Lipinski definition) is 3. The van der Waals surface area contributed by atoms with E-state index in [1.165, 1.54) is 37.0 Å². The molecule has 0 radical (unpaired) electrons. The monoisotopic (exact) mass is 449 g/mol. The Balaban J connectivity index is 1.93. The highest BCUT2D eigenvalue weighted by Gasteiger charge is 2.20. The summed E-state index contributed by atoms with van der Waals surface area (Å²) in [6.45, 7) is 2.80. The SMILES string of the molecule is CC(=O)NNC(=O)NC(C)c1ccc(-c2cc(Cl)cc(F)c2-c2nnn(C)n2)cc1F. The highest BCUT2D eigenvalue weighted by molar-refractivity contribution is 6.31. The van der Waals surface area contributed by atoms with Crippen molar-refractivity contribution >= 4 is 23.5 Å². The van der Waals surface area contributed by atoms with Gasteiger partial charge < -0.3 is 5.32 Å². The van der Waals surface area contributed by atoms with Crippen molar-refractivity contribution in [1.82, 2.24) is 36.4 Å². The van der Waals surface area contributed by atoms with Crippen LogP contribution in [-0.4, -0.2) is 32.1 Å². The van der Waals surface area contributed by atoms with Gasteiger partial charge in [-0.3, -0.25) is 10.2 Å². The summed E-state index contributed by atoms with van der Waals surface area (Å²) in [5.74, 6) is -1.74. The molecule has 1 atom stereocenters. The van der Waals surface area contributed by atoms with Gasteiger partial charge in [0.1, 0.15) is 11.6 Å². The minimum absolute atomic E-state index is 0.0285. The second-order valence-corrected chi connectivity index (χ2v) is 7.09. The van der Waals surface area contributed by atoms with Crippen LogP contribution in [0.3, 0.4) is 0 Å². The average molecular weight is 450 g/mol. The lowest BCUT2D eigenvalue weighted by molar-refractivity contribution is -0.119. The van der Waals surface area contributed by atoms with E-state index in [1.807, 2.05) is 0 Å². The molecule has 0 saturated carbocycles. The van der Waals surface area contributed by atoms with Gasteiger partial charge in [-0.2, -0.15) is 4.80 Å². The van der Waals surface area contributed by atoms with Gasteiger partial charge in [0, 0.05) is 17.5 Å². The molecule has 1 aromatic heterocycles. The Morgan fingerprint density at radius 2 is 1.87 bits per heavy atom. The van der Waals surface area contributed by atoms with Crippen molar-refractivity contribution in [2.75, 3.05) is 0 Å². The molecule has 1 heterocycles. The summed E-state index contributed by atoms with van der Waals surface area (Å²) in [5, 5.41) is 14.2. The van der Waals surface area contributed by atoms with Crippen molar-refractivity contribution in [1.29, 1.82) is 0 Å². The number of hydrazine groups is 1. The van der Waals surface area contributed by atoms with Gasteiger partial charge in [-0.25, -0.2) is 19.0 Å². The summed E-state index contributed by atoms with van der Waals surface area (Å²) in [7, 11) is 1.54. The first kappa shape index (κ1) is 22.1. The van der Waals surface area contributed by atoms with Crippen LogP contribution in [0, 0.1) is 11.6 Å². The van der Waals surface area contributed by atoms with Crippen molar-refractivity contribution in [3.8, 4) is 22.5 Å². The lowest BCUT2D eigenvalue weighted by Gasteiger charge is -2.17. The molecular formula is C19H18ClF2N7O2. The highest BCUT2D eigenvalue weighted by atomic mass is 35.5. The number of aryl methyl sites for hydroxylation is 1. The number of nitrogens with one attached hydrogen (secondary N) is 3. The Morgan fingerprint density at radius 3 is 2.48 bits per heavy atom. The van der Waals surface area contributed by atoms with Crippen LogP contribution in [0.25, 0.3) is 22.5 Å². The summed E-state index contributed by atoms with van der Waals surface area (Å²) < 4.78 is 29.6. The molecule has 0 fully saturated rings. The van der Waals surface area contributed by atoms with E-state index in [2.05, 4.69) is 31.6 Å². The minimum atomic E-state index is -0.722. The fourth-order valence-corrected chi connectivity index (χ4v) is 3.12. The minimum Gasteiger partial charge on any atom is -0.330 e. The Hall–Kier alpha value is -3.60. The molecule has 0 aliphatic heterocycles. The number of rotatable bonds is 4. The van der Waals surface area contributed by atoms with Gasteiger partial charge in [-0.05, 0) is 41.5 Å². The van der Waals surface area contributed by atoms with Crippen LogP contribution < -0.4 is 16.2 Å². The smallest absolute Gasteiger partial charge is 0.330 e. The van der Waals surface area contributed by atoms with Crippen LogP contribution in [0.15, 0.2) is 30.3 Å². The second kappa shape index (κ2) is 9.04. The van der Waals surface area contributed by atoms with Gasteiger partial charge in [0.15, 0.2) is 0 Å².